The molecule has 4 aromatic rings. The highest BCUT2D eigenvalue weighted by Crippen LogP contribution is 2.28. The van der Waals surface area contributed by atoms with Crippen LogP contribution in [0.1, 0.15) is 21.5 Å². The lowest BCUT2D eigenvalue weighted by molar-refractivity contribution is -0.387. The van der Waals surface area contributed by atoms with E-state index in [0.717, 1.165) is 28.8 Å². The average molecular weight is 415 g/mol. The highest BCUT2D eigenvalue weighted by atomic mass is 19.1. The van der Waals surface area contributed by atoms with Crippen molar-refractivity contribution in [2.24, 2.45) is 0 Å². The zero-order valence-corrected chi connectivity index (χ0v) is 16.8. The van der Waals surface area contributed by atoms with Crippen molar-refractivity contribution in [3.63, 3.8) is 0 Å². The largest absolute Gasteiger partial charge is 0.322 e. The van der Waals surface area contributed by atoms with Gasteiger partial charge in [0.25, 0.3) is 5.91 Å². The van der Waals surface area contributed by atoms with E-state index >= 15 is 0 Å². The molecule has 0 aliphatic carbocycles. The molecule has 31 heavy (non-hydrogen) atoms. The zero-order chi connectivity index (χ0) is 22.1. The van der Waals surface area contributed by atoms with Gasteiger partial charge in [0.2, 0.25) is 5.82 Å². The summed E-state index contributed by atoms with van der Waals surface area (Å²) >= 11 is 0. The number of para-hydroxylation sites is 1. The smallest absolute Gasteiger partial charge is 0.306 e. The first-order valence-electron chi connectivity index (χ1n) is 9.56. The quantitative estimate of drug-likeness (QED) is 0.336. The van der Waals surface area contributed by atoms with Gasteiger partial charge in [-0.15, -0.1) is 0 Å². The molecule has 1 heterocycles. The van der Waals surface area contributed by atoms with Gasteiger partial charge in [-0.3, -0.25) is 14.9 Å². The Balaban J connectivity index is 1.79. The second-order valence-corrected chi connectivity index (χ2v) is 7.25. The minimum atomic E-state index is -0.964. The number of pyridine rings is 1. The standard InChI is InChI=1S/C24H18FN3O3/c1-14-7-8-16(11-15(14)2)22-13-19(18-5-3-4-6-21(18)27-22)24(29)26-17-9-10-20(25)23(12-17)28(30)31/h3-13H,1-2H3,(H,26,29). The van der Waals surface area contributed by atoms with Crippen LogP contribution in [0.4, 0.5) is 15.8 Å². The number of halogens is 1. The number of fused-ring (bicyclic) bond motifs is 1. The van der Waals surface area contributed by atoms with Crippen LogP contribution in [-0.4, -0.2) is 15.8 Å². The number of amides is 1. The highest BCUT2D eigenvalue weighted by molar-refractivity contribution is 6.13. The van der Waals surface area contributed by atoms with Crippen LogP contribution < -0.4 is 5.32 Å². The summed E-state index contributed by atoms with van der Waals surface area (Å²) in [6.07, 6.45) is 0. The molecule has 154 valence electrons. The average Bonchev–Trinajstić information content (AvgIpc) is 2.76. The molecule has 1 aromatic heterocycles. The van der Waals surface area contributed by atoms with Crippen LogP contribution in [0.3, 0.4) is 0 Å². The van der Waals surface area contributed by atoms with Gasteiger partial charge in [-0.2, -0.15) is 4.39 Å². The summed E-state index contributed by atoms with van der Waals surface area (Å²) in [5.41, 5.74) is 4.22. The van der Waals surface area contributed by atoms with Gasteiger partial charge >= 0.3 is 5.69 Å². The molecule has 6 nitrogen and oxygen atoms in total. The van der Waals surface area contributed by atoms with Gasteiger partial charge in [0.05, 0.1) is 21.7 Å². The molecular formula is C24H18FN3O3. The maximum atomic E-state index is 13.6. The fourth-order valence-electron chi connectivity index (χ4n) is 3.34. The summed E-state index contributed by atoms with van der Waals surface area (Å²) in [7, 11) is 0. The van der Waals surface area contributed by atoms with Crippen LogP contribution >= 0.6 is 0 Å². The molecule has 0 bridgehead atoms. The first-order valence-corrected chi connectivity index (χ1v) is 9.56. The second-order valence-electron chi connectivity index (χ2n) is 7.25. The van der Waals surface area contributed by atoms with E-state index in [1.807, 2.05) is 44.2 Å². The van der Waals surface area contributed by atoms with Gasteiger partial charge in [-0.05, 0) is 55.3 Å². The van der Waals surface area contributed by atoms with Crippen molar-refractivity contribution >= 4 is 28.2 Å². The number of rotatable bonds is 4. The van der Waals surface area contributed by atoms with E-state index < -0.39 is 22.3 Å². The molecule has 3 aromatic carbocycles. The van der Waals surface area contributed by atoms with Crippen LogP contribution in [0, 0.1) is 29.8 Å². The molecule has 0 aliphatic rings. The normalized spacial score (nSPS) is 10.8. The molecule has 4 rings (SSSR count). The van der Waals surface area contributed by atoms with Crippen molar-refractivity contribution in [3.8, 4) is 11.3 Å². The third kappa shape index (κ3) is 3.98. The van der Waals surface area contributed by atoms with Crippen molar-refractivity contribution in [1.29, 1.82) is 0 Å². The Morgan fingerprint density at radius 3 is 2.52 bits per heavy atom. The van der Waals surface area contributed by atoms with Crippen LogP contribution in [0.2, 0.25) is 0 Å². The first-order chi connectivity index (χ1) is 14.8. The maximum absolute atomic E-state index is 13.6. The number of aryl methyl sites for hydroxylation is 2. The molecular weight excluding hydrogens is 397 g/mol. The minimum Gasteiger partial charge on any atom is -0.322 e. The summed E-state index contributed by atoms with van der Waals surface area (Å²) in [4.78, 5) is 28.0. The number of hydrogen-bond donors (Lipinski definition) is 1. The first kappa shape index (κ1) is 20.2. The highest BCUT2D eigenvalue weighted by Gasteiger charge is 2.18. The molecule has 0 atom stereocenters. The summed E-state index contributed by atoms with van der Waals surface area (Å²) in [5, 5.41) is 14.3. The van der Waals surface area contributed by atoms with E-state index in [2.05, 4.69) is 5.32 Å². The Morgan fingerprint density at radius 2 is 1.77 bits per heavy atom. The van der Waals surface area contributed by atoms with Crippen molar-refractivity contribution < 1.29 is 14.1 Å². The van der Waals surface area contributed by atoms with Crippen molar-refractivity contribution in [2.75, 3.05) is 5.32 Å². The molecule has 0 spiro atoms. The van der Waals surface area contributed by atoms with E-state index in [4.69, 9.17) is 4.98 Å². The molecule has 0 fully saturated rings. The summed E-state index contributed by atoms with van der Waals surface area (Å²) < 4.78 is 13.6. The summed E-state index contributed by atoms with van der Waals surface area (Å²) in [6, 6.07) is 18.1. The maximum Gasteiger partial charge on any atom is 0.306 e. The van der Waals surface area contributed by atoms with Crippen molar-refractivity contribution in [2.45, 2.75) is 13.8 Å². The number of carbonyl (C=O) groups excluding carboxylic acids is 1. The minimum absolute atomic E-state index is 0.131. The molecule has 0 saturated heterocycles. The van der Waals surface area contributed by atoms with Gasteiger partial charge < -0.3 is 5.32 Å². The van der Waals surface area contributed by atoms with E-state index in [9.17, 15) is 19.3 Å². The Kier molecular flexibility index (Phi) is 5.17. The molecule has 0 radical (unpaired) electrons. The molecule has 7 heteroatoms. The predicted octanol–water partition coefficient (Wildman–Crippen LogP) is 5.82. The van der Waals surface area contributed by atoms with Gasteiger partial charge in [0.1, 0.15) is 0 Å². The topological polar surface area (TPSA) is 85.1 Å². The number of anilines is 1. The predicted molar refractivity (Wildman–Crippen MR) is 118 cm³/mol. The number of aromatic nitrogens is 1. The van der Waals surface area contributed by atoms with Crippen LogP contribution in [0.15, 0.2) is 66.7 Å². The van der Waals surface area contributed by atoms with Crippen LogP contribution in [-0.2, 0) is 0 Å². The van der Waals surface area contributed by atoms with Gasteiger partial charge in [-0.1, -0.05) is 30.3 Å². The SMILES string of the molecule is Cc1ccc(-c2cc(C(=O)Nc3ccc(F)c([N+](=O)[O-])c3)c3ccccc3n2)cc1C. The Hall–Kier alpha value is -4.13. The van der Waals surface area contributed by atoms with Gasteiger partial charge in [0.15, 0.2) is 0 Å². The lowest BCUT2D eigenvalue weighted by Crippen LogP contribution is -2.13. The fraction of sp³-hybridized carbons (Fsp3) is 0.0833. The third-order valence-electron chi connectivity index (χ3n) is 5.16. The molecule has 1 N–H and O–H groups in total. The van der Waals surface area contributed by atoms with E-state index in [1.165, 1.54) is 6.07 Å². The zero-order valence-electron chi connectivity index (χ0n) is 16.8. The van der Waals surface area contributed by atoms with Crippen molar-refractivity contribution in [3.05, 3.63) is 99.4 Å². The summed E-state index contributed by atoms with van der Waals surface area (Å²) in [5.74, 6) is -1.43. The number of hydrogen-bond acceptors (Lipinski definition) is 4. The van der Waals surface area contributed by atoms with Crippen LogP contribution in [0.25, 0.3) is 22.2 Å². The lowest BCUT2D eigenvalue weighted by Gasteiger charge is -2.12. The third-order valence-corrected chi connectivity index (χ3v) is 5.16. The Morgan fingerprint density at radius 1 is 1.00 bits per heavy atom. The van der Waals surface area contributed by atoms with E-state index in [-0.39, 0.29) is 5.69 Å². The molecule has 0 unspecified atom stereocenters. The van der Waals surface area contributed by atoms with Crippen molar-refractivity contribution in [1.82, 2.24) is 4.98 Å². The number of carbonyl (C=O) groups is 1. The van der Waals surface area contributed by atoms with E-state index in [0.29, 0.717) is 22.2 Å². The number of nitrogens with zero attached hydrogens (tertiary/aromatic N) is 2. The second kappa shape index (κ2) is 7.95. The lowest BCUT2D eigenvalue weighted by atomic mass is 10.0. The monoisotopic (exact) mass is 415 g/mol. The number of benzene rings is 3. The molecule has 0 aliphatic heterocycles. The van der Waals surface area contributed by atoms with Gasteiger partial charge in [0, 0.05) is 22.7 Å². The summed E-state index contributed by atoms with van der Waals surface area (Å²) in [6.45, 7) is 4.03. The fourth-order valence-corrected chi connectivity index (χ4v) is 3.34. The number of nitro benzene ring substituents is 1. The van der Waals surface area contributed by atoms with Gasteiger partial charge in [-0.25, -0.2) is 4.98 Å². The van der Waals surface area contributed by atoms with Crippen LogP contribution in [0.5, 0.6) is 0 Å². The Bertz CT molecular complexity index is 1350. The number of nitro groups is 1. The number of nitrogens with one attached hydrogen (secondary N) is 1. The van der Waals surface area contributed by atoms with E-state index in [1.54, 1.807) is 18.2 Å². The molecule has 0 saturated carbocycles. The Labute approximate surface area is 177 Å². The molecule has 1 amide bonds.